The lowest BCUT2D eigenvalue weighted by atomic mass is 9.94. The molecule has 3 amide bonds. The molecule has 0 unspecified atom stereocenters. The van der Waals surface area contributed by atoms with Crippen molar-refractivity contribution in [1.82, 2.24) is 20.0 Å². The number of halogens is 1. The molecule has 0 aromatic heterocycles. The third-order valence-electron chi connectivity index (χ3n) is 6.16. The first-order chi connectivity index (χ1) is 15.8. The van der Waals surface area contributed by atoms with Crippen LogP contribution >= 0.6 is 0 Å². The summed E-state index contributed by atoms with van der Waals surface area (Å²) in [5, 5.41) is 2.88. The number of nitrogens with zero attached hydrogens (tertiary/aromatic N) is 3. The van der Waals surface area contributed by atoms with E-state index in [0.29, 0.717) is 56.0 Å². The molecule has 0 radical (unpaired) electrons. The number of piperazine rings is 1. The van der Waals surface area contributed by atoms with Crippen LogP contribution in [0.2, 0.25) is 0 Å². The zero-order chi connectivity index (χ0) is 24.1. The lowest BCUT2D eigenvalue weighted by molar-refractivity contribution is -0.139. The Morgan fingerprint density at radius 1 is 1.15 bits per heavy atom. The highest BCUT2D eigenvalue weighted by Crippen LogP contribution is 2.32. The summed E-state index contributed by atoms with van der Waals surface area (Å²) in [6, 6.07) is 4.71. The quantitative estimate of drug-likeness (QED) is 0.633. The Labute approximate surface area is 194 Å². The standard InChI is InChI=1S/C24H33FN4O4/c1-5-20(30)29-13-12-27(14-16(29)4)15-19-21(23(31)33-7-3)22(26-24(32)28(19)6-2)17-8-10-18(25)11-9-17/h8-11,16,22H,5-7,12-15H2,1-4H3,(H,26,32)/t16-,22-/m1/s1. The summed E-state index contributed by atoms with van der Waals surface area (Å²) >= 11 is 0. The molecule has 0 aliphatic carbocycles. The van der Waals surface area contributed by atoms with Gasteiger partial charge < -0.3 is 15.0 Å². The monoisotopic (exact) mass is 460 g/mol. The molecule has 33 heavy (non-hydrogen) atoms. The highest BCUT2D eigenvalue weighted by atomic mass is 19.1. The summed E-state index contributed by atoms with van der Waals surface area (Å²) in [6.45, 7) is 10.2. The second kappa shape index (κ2) is 10.8. The van der Waals surface area contributed by atoms with Crippen LogP contribution in [0.15, 0.2) is 35.5 Å². The fraction of sp³-hybridized carbons (Fsp3) is 0.542. The van der Waals surface area contributed by atoms with E-state index < -0.39 is 17.8 Å². The number of ether oxygens (including phenoxy) is 1. The van der Waals surface area contributed by atoms with Crippen molar-refractivity contribution in [2.75, 3.05) is 39.3 Å². The van der Waals surface area contributed by atoms with E-state index in [1.807, 2.05) is 25.7 Å². The van der Waals surface area contributed by atoms with Gasteiger partial charge in [-0.15, -0.1) is 0 Å². The number of nitrogens with one attached hydrogen (secondary N) is 1. The molecule has 2 heterocycles. The molecule has 1 aromatic rings. The van der Waals surface area contributed by atoms with Crippen molar-refractivity contribution >= 4 is 17.9 Å². The first kappa shape index (κ1) is 24.7. The first-order valence-corrected chi connectivity index (χ1v) is 11.6. The number of likely N-dealkylation sites (N-methyl/N-ethyl adjacent to an activating group) is 1. The Kier molecular flexibility index (Phi) is 8.07. The first-order valence-electron chi connectivity index (χ1n) is 11.6. The van der Waals surface area contributed by atoms with Crippen LogP contribution in [-0.4, -0.2) is 78.0 Å². The van der Waals surface area contributed by atoms with Gasteiger partial charge in [0.25, 0.3) is 0 Å². The van der Waals surface area contributed by atoms with Gasteiger partial charge in [-0.3, -0.25) is 14.6 Å². The van der Waals surface area contributed by atoms with Crippen molar-refractivity contribution in [1.29, 1.82) is 0 Å². The maximum atomic E-state index is 13.5. The van der Waals surface area contributed by atoms with Gasteiger partial charge in [0.05, 0.1) is 18.2 Å². The average molecular weight is 461 g/mol. The largest absolute Gasteiger partial charge is 0.463 e. The van der Waals surface area contributed by atoms with E-state index in [0.717, 1.165) is 0 Å². The number of hydrogen-bond acceptors (Lipinski definition) is 5. The molecule has 1 aromatic carbocycles. The van der Waals surface area contributed by atoms with Crippen LogP contribution in [-0.2, 0) is 14.3 Å². The summed E-state index contributed by atoms with van der Waals surface area (Å²) in [5.74, 6) is -0.781. The van der Waals surface area contributed by atoms with Gasteiger partial charge >= 0.3 is 12.0 Å². The van der Waals surface area contributed by atoms with Crippen LogP contribution in [0.3, 0.4) is 0 Å². The minimum absolute atomic E-state index is 0.0261. The van der Waals surface area contributed by atoms with Gasteiger partial charge in [-0.25, -0.2) is 14.0 Å². The fourth-order valence-corrected chi connectivity index (χ4v) is 4.52. The highest BCUT2D eigenvalue weighted by molar-refractivity contribution is 5.95. The number of urea groups is 1. The molecule has 0 saturated carbocycles. The topological polar surface area (TPSA) is 82.2 Å². The smallest absolute Gasteiger partial charge is 0.338 e. The predicted octanol–water partition coefficient (Wildman–Crippen LogP) is 2.67. The number of benzene rings is 1. The van der Waals surface area contributed by atoms with Crippen molar-refractivity contribution in [2.24, 2.45) is 0 Å². The molecule has 9 heteroatoms. The maximum Gasteiger partial charge on any atom is 0.338 e. The summed E-state index contributed by atoms with van der Waals surface area (Å²) in [6.07, 6.45) is 0.464. The lowest BCUT2D eigenvalue weighted by Crippen LogP contribution is -2.56. The molecule has 3 rings (SSSR count). The SMILES string of the molecule is CCOC(=O)C1=C(CN2CCN(C(=O)CC)[C@H](C)C2)N(CC)C(=O)N[C@@H]1c1ccc(F)cc1. The van der Waals surface area contributed by atoms with E-state index in [9.17, 15) is 18.8 Å². The van der Waals surface area contributed by atoms with Crippen LogP contribution in [0.4, 0.5) is 9.18 Å². The molecule has 2 aliphatic heterocycles. The van der Waals surface area contributed by atoms with Crippen molar-refractivity contribution in [2.45, 2.75) is 46.2 Å². The van der Waals surface area contributed by atoms with Gasteiger partial charge in [-0.1, -0.05) is 19.1 Å². The van der Waals surface area contributed by atoms with E-state index >= 15 is 0 Å². The number of esters is 1. The Hall–Kier alpha value is -2.94. The van der Waals surface area contributed by atoms with Crippen LogP contribution in [0.25, 0.3) is 0 Å². The molecule has 0 spiro atoms. The number of hydrogen-bond donors (Lipinski definition) is 1. The van der Waals surface area contributed by atoms with Gasteiger partial charge in [-0.05, 0) is 38.5 Å². The number of rotatable bonds is 7. The Morgan fingerprint density at radius 2 is 1.85 bits per heavy atom. The molecular weight excluding hydrogens is 427 g/mol. The van der Waals surface area contributed by atoms with E-state index in [4.69, 9.17) is 4.74 Å². The second-order valence-electron chi connectivity index (χ2n) is 8.28. The molecule has 8 nitrogen and oxygen atoms in total. The summed E-state index contributed by atoms with van der Waals surface area (Å²) < 4.78 is 18.9. The summed E-state index contributed by atoms with van der Waals surface area (Å²) in [7, 11) is 0. The number of carbonyl (C=O) groups excluding carboxylic acids is 3. The highest BCUT2D eigenvalue weighted by Gasteiger charge is 2.39. The molecule has 1 N–H and O–H groups in total. The Bertz CT molecular complexity index is 918. The van der Waals surface area contributed by atoms with Crippen molar-refractivity contribution in [3.8, 4) is 0 Å². The molecule has 1 fully saturated rings. The number of carbonyl (C=O) groups is 3. The van der Waals surface area contributed by atoms with E-state index in [2.05, 4.69) is 10.2 Å². The van der Waals surface area contributed by atoms with Crippen molar-refractivity contribution < 1.29 is 23.5 Å². The average Bonchev–Trinajstić information content (AvgIpc) is 2.79. The van der Waals surface area contributed by atoms with Crippen LogP contribution in [0.5, 0.6) is 0 Å². The third-order valence-corrected chi connectivity index (χ3v) is 6.16. The Morgan fingerprint density at radius 3 is 2.42 bits per heavy atom. The normalized spacial score (nSPS) is 21.8. The van der Waals surface area contributed by atoms with Gasteiger partial charge in [0.1, 0.15) is 5.82 Å². The minimum atomic E-state index is -0.740. The summed E-state index contributed by atoms with van der Waals surface area (Å²) in [5.41, 5.74) is 1.54. The van der Waals surface area contributed by atoms with E-state index in [1.165, 1.54) is 12.1 Å². The molecule has 2 aliphatic rings. The lowest BCUT2D eigenvalue weighted by Gasteiger charge is -2.43. The third kappa shape index (κ3) is 5.35. The van der Waals surface area contributed by atoms with Crippen LogP contribution in [0, 0.1) is 5.82 Å². The van der Waals surface area contributed by atoms with Crippen molar-refractivity contribution in [3.05, 3.63) is 46.9 Å². The van der Waals surface area contributed by atoms with Gasteiger partial charge in [-0.2, -0.15) is 0 Å². The summed E-state index contributed by atoms with van der Waals surface area (Å²) in [4.78, 5) is 43.9. The zero-order valence-corrected chi connectivity index (χ0v) is 19.8. The second-order valence-corrected chi connectivity index (χ2v) is 8.28. The zero-order valence-electron chi connectivity index (χ0n) is 19.8. The van der Waals surface area contributed by atoms with Crippen LogP contribution < -0.4 is 5.32 Å². The van der Waals surface area contributed by atoms with Crippen molar-refractivity contribution in [3.63, 3.8) is 0 Å². The van der Waals surface area contributed by atoms with E-state index in [-0.39, 0.29) is 24.6 Å². The van der Waals surface area contributed by atoms with E-state index in [1.54, 1.807) is 24.0 Å². The Balaban J connectivity index is 1.98. The molecule has 0 bridgehead atoms. The maximum absolute atomic E-state index is 13.5. The molecular formula is C24H33FN4O4. The van der Waals surface area contributed by atoms with Gasteiger partial charge in [0.15, 0.2) is 0 Å². The van der Waals surface area contributed by atoms with Crippen LogP contribution in [0.1, 0.15) is 45.7 Å². The molecule has 180 valence electrons. The van der Waals surface area contributed by atoms with Gasteiger partial charge in [0, 0.05) is 50.9 Å². The predicted molar refractivity (Wildman–Crippen MR) is 122 cm³/mol. The molecule has 1 saturated heterocycles. The fourth-order valence-electron chi connectivity index (χ4n) is 4.52. The minimum Gasteiger partial charge on any atom is -0.463 e. The molecule has 2 atom stereocenters. The number of amides is 3. The van der Waals surface area contributed by atoms with Gasteiger partial charge in [0.2, 0.25) is 5.91 Å².